The molecule has 0 saturated carbocycles. The summed E-state index contributed by atoms with van der Waals surface area (Å²) >= 11 is 0. The zero-order valence-corrected chi connectivity index (χ0v) is 23.2. The van der Waals surface area contributed by atoms with Gasteiger partial charge in [0, 0.05) is 13.1 Å². The minimum atomic E-state index is -3.95. The van der Waals surface area contributed by atoms with Crippen molar-refractivity contribution in [2.24, 2.45) is 5.92 Å². The largest absolute Gasteiger partial charge is 0.508 e. The third-order valence-corrected chi connectivity index (χ3v) is 7.87. The maximum Gasteiger partial charge on any atom is 0.407 e. The van der Waals surface area contributed by atoms with E-state index in [1.807, 2.05) is 44.2 Å². The molecule has 210 valence electrons. The molecule has 3 N–H and O–H groups in total. The van der Waals surface area contributed by atoms with Crippen LogP contribution in [0.3, 0.4) is 0 Å². The van der Waals surface area contributed by atoms with E-state index in [4.69, 9.17) is 9.47 Å². The zero-order valence-electron chi connectivity index (χ0n) is 22.4. The first-order chi connectivity index (χ1) is 18.6. The molecule has 0 aliphatic heterocycles. The highest BCUT2D eigenvalue weighted by atomic mass is 32.2. The Morgan fingerprint density at radius 1 is 0.923 bits per heavy atom. The smallest absolute Gasteiger partial charge is 0.407 e. The molecule has 10 heteroatoms. The number of carbonyl (C=O) groups is 1. The lowest BCUT2D eigenvalue weighted by atomic mass is 10.0. The van der Waals surface area contributed by atoms with Gasteiger partial charge in [-0.15, -0.1) is 0 Å². The van der Waals surface area contributed by atoms with Gasteiger partial charge in [-0.2, -0.15) is 4.31 Å². The van der Waals surface area contributed by atoms with E-state index >= 15 is 0 Å². The molecule has 39 heavy (non-hydrogen) atoms. The normalized spacial score (nSPS) is 13.2. The van der Waals surface area contributed by atoms with Crippen molar-refractivity contribution >= 4 is 16.1 Å². The summed E-state index contributed by atoms with van der Waals surface area (Å²) in [6.45, 7) is 3.69. The van der Waals surface area contributed by atoms with Crippen molar-refractivity contribution in [1.29, 1.82) is 0 Å². The maximum absolute atomic E-state index is 13.5. The average molecular weight is 557 g/mol. The monoisotopic (exact) mass is 556 g/mol. The number of amides is 1. The predicted molar refractivity (Wildman–Crippen MR) is 148 cm³/mol. The third-order valence-electron chi connectivity index (χ3n) is 6.03. The SMILES string of the molecule is COc1ccc(S(=O)(=O)N(CC(C)C)C[C@@H](O)[C@H](Cc2ccccc2)NC(=O)OCc2ccc(O)cc2)cc1. The number of phenolic OH excluding ortho intramolecular Hbond substituents is 1. The maximum atomic E-state index is 13.5. The molecule has 0 fully saturated rings. The number of rotatable bonds is 13. The highest BCUT2D eigenvalue weighted by Crippen LogP contribution is 2.22. The standard InChI is InChI=1S/C29H36N2O7S/c1-21(2)18-31(39(35,36)26-15-13-25(37-3)14-16-26)19-28(33)27(17-22-7-5-4-6-8-22)30-29(34)38-20-23-9-11-24(32)12-10-23/h4-16,21,27-28,32-33H,17-20H2,1-3H3,(H,30,34)/t27-,28+/m0/s1. The van der Waals surface area contributed by atoms with Gasteiger partial charge in [0.15, 0.2) is 0 Å². The van der Waals surface area contributed by atoms with Crippen LogP contribution in [0.15, 0.2) is 83.8 Å². The molecule has 3 aromatic rings. The van der Waals surface area contributed by atoms with Gasteiger partial charge in [-0.05, 0) is 59.9 Å². The van der Waals surface area contributed by atoms with Crippen LogP contribution in [0.25, 0.3) is 0 Å². The Morgan fingerprint density at radius 3 is 2.15 bits per heavy atom. The van der Waals surface area contributed by atoms with E-state index in [9.17, 15) is 23.4 Å². The number of aromatic hydroxyl groups is 1. The molecule has 0 spiro atoms. The highest BCUT2D eigenvalue weighted by molar-refractivity contribution is 7.89. The molecule has 0 bridgehead atoms. The molecule has 3 rings (SSSR count). The van der Waals surface area contributed by atoms with Crippen molar-refractivity contribution in [2.45, 2.75) is 43.9 Å². The van der Waals surface area contributed by atoms with Crippen LogP contribution in [0.2, 0.25) is 0 Å². The minimum absolute atomic E-state index is 0.0129. The minimum Gasteiger partial charge on any atom is -0.508 e. The topological polar surface area (TPSA) is 125 Å². The number of hydrogen-bond donors (Lipinski definition) is 3. The third kappa shape index (κ3) is 8.98. The molecule has 1 amide bonds. The Kier molecular flexibility index (Phi) is 10.7. The molecule has 0 aromatic heterocycles. The zero-order chi connectivity index (χ0) is 28.4. The van der Waals surface area contributed by atoms with Crippen molar-refractivity contribution in [1.82, 2.24) is 9.62 Å². The number of ether oxygens (including phenoxy) is 2. The van der Waals surface area contributed by atoms with Crippen LogP contribution in [-0.2, 0) is 27.8 Å². The van der Waals surface area contributed by atoms with Gasteiger partial charge >= 0.3 is 6.09 Å². The van der Waals surface area contributed by atoms with Crippen molar-refractivity contribution in [2.75, 3.05) is 20.2 Å². The number of sulfonamides is 1. The summed E-state index contributed by atoms with van der Waals surface area (Å²) in [4.78, 5) is 12.8. The second kappa shape index (κ2) is 14.0. The van der Waals surface area contributed by atoms with Crippen molar-refractivity contribution in [3.8, 4) is 11.5 Å². The summed E-state index contributed by atoms with van der Waals surface area (Å²) in [7, 11) is -2.45. The number of carbonyl (C=O) groups excluding carboxylic acids is 1. The molecule has 2 atom stereocenters. The van der Waals surface area contributed by atoms with Crippen LogP contribution in [0.5, 0.6) is 11.5 Å². The Bertz CT molecular complexity index is 1280. The Hall–Kier alpha value is -3.60. The fraction of sp³-hybridized carbons (Fsp3) is 0.345. The van der Waals surface area contributed by atoms with Crippen molar-refractivity contribution in [3.05, 3.63) is 90.0 Å². The summed E-state index contributed by atoms with van der Waals surface area (Å²) < 4.78 is 38.8. The molecule has 0 unspecified atom stereocenters. The van der Waals surface area contributed by atoms with Gasteiger partial charge < -0.3 is 25.0 Å². The molecule has 9 nitrogen and oxygen atoms in total. The van der Waals surface area contributed by atoms with Crippen LogP contribution in [-0.4, -0.2) is 61.4 Å². The van der Waals surface area contributed by atoms with Gasteiger partial charge in [-0.3, -0.25) is 0 Å². The van der Waals surface area contributed by atoms with Crippen molar-refractivity contribution < 1.29 is 32.9 Å². The highest BCUT2D eigenvalue weighted by Gasteiger charge is 2.31. The lowest BCUT2D eigenvalue weighted by Gasteiger charge is -2.30. The summed E-state index contributed by atoms with van der Waals surface area (Å²) in [5.41, 5.74) is 1.53. The Morgan fingerprint density at radius 2 is 1.56 bits per heavy atom. The van der Waals surface area contributed by atoms with Gasteiger partial charge in [-0.25, -0.2) is 13.2 Å². The Balaban J connectivity index is 1.78. The summed E-state index contributed by atoms with van der Waals surface area (Å²) in [5.74, 6) is 0.619. The first-order valence-corrected chi connectivity index (χ1v) is 14.1. The number of nitrogens with one attached hydrogen (secondary N) is 1. The molecular formula is C29H36N2O7S. The van der Waals surface area contributed by atoms with Crippen LogP contribution in [0, 0.1) is 5.92 Å². The molecule has 0 aliphatic rings. The average Bonchev–Trinajstić information content (AvgIpc) is 2.92. The fourth-order valence-electron chi connectivity index (χ4n) is 4.00. The van der Waals surface area contributed by atoms with Crippen LogP contribution in [0.1, 0.15) is 25.0 Å². The number of hydrogen-bond acceptors (Lipinski definition) is 7. The number of aliphatic hydroxyl groups excluding tert-OH is 1. The van der Waals surface area contributed by atoms with E-state index in [-0.39, 0.29) is 42.7 Å². The second-order valence-corrected chi connectivity index (χ2v) is 11.6. The number of alkyl carbamates (subject to hydrolysis) is 1. The molecular weight excluding hydrogens is 520 g/mol. The molecule has 0 aliphatic carbocycles. The number of phenols is 1. The van der Waals surface area contributed by atoms with E-state index < -0.39 is 28.3 Å². The van der Waals surface area contributed by atoms with Gasteiger partial charge in [-0.1, -0.05) is 56.3 Å². The van der Waals surface area contributed by atoms with E-state index in [0.29, 0.717) is 11.3 Å². The second-order valence-electron chi connectivity index (χ2n) is 9.64. The van der Waals surface area contributed by atoms with Crippen LogP contribution < -0.4 is 10.1 Å². The first kappa shape index (κ1) is 29.9. The summed E-state index contributed by atoms with van der Waals surface area (Å²) in [5, 5.41) is 23.4. The van der Waals surface area contributed by atoms with Crippen LogP contribution >= 0.6 is 0 Å². The van der Waals surface area contributed by atoms with Crippen LogP contribution in [0.4, 0.5) is 4.79 Å². The molecule has 0 saturated heterocycles. The number of nitrogens with zero attached hydrogens (tertiary/aromatic N) is 1. The molecule has 3 aromatic carbocycles. The number of benzene rings is 3. The van der Waals surface area contributed by atoms with E-state index in [0.717, 1.165) is 5.56 Å². The lowest BCUT2D eigenvalue weighted by Crippen LogP contribution is -2.51. The van der Waals surface area contributed by atoms with E-state index in [1.165, 1.54) is 35.7 Å². The van der Waals surface area contributed by atoms with E-state index in [2.05, 4.69) is 5.32 Å². The summed E-state index contributed by atoms with van der Waals surface area (Å²) in [6, 6.07) is 20.8. The van der Waals surface area contributed by atoms with Crippen molar-refractivity contribution in [3.63, 3.8) is 0 Å². The number of aliphatic hydroxyl groups is 1. The molecule has 0 heterocycles. The van der Waals surface area contributed by atoms with Gasteiger partial charge in [0.05, 0.1) is 24.2 Å². The number of methoxy groups -OCH3 is 1. The lowest BCUT2D eigenvalue weighted by molar-refractivity contribution is 0.0873. The summed E-state index contributed by atoms with van der Waals surface area (Å²) in [6.07, 6.45) is -1.73. The quantitative estimate of drug-likeness (QED) is 0.291. The van der Waals surface area contributed by atoms with E-state index in [1.54, 1.807) is 24.3 Å². The Labute approximate surface area is 230 Å². The van der Waals surface area contributed by atoms with Gasteiger partial charge in [0.25, 0.3) is 0 Å². The molecule has 0 radical (unpaired) electrons. The first-order valence-electron chi connectivity index (χ1n) is 12.7. The fourth-order valence-corrected chi connectivity index (χ4v) is 5.62. The predicted octanol–water partition coefficient (Wildman–Crippen LogP) is 3.95. The van der Waals surface area contributed by atoms with Gasteiger partial charge in [0.1, 0.15) is 18.1 Å². The van der Waals surface area contributed by atoms with Gasteiger partial charge in [0.2, 0.25) is 10.0 Å².